The van der Waals surface area contributed by atoms with Gasteiger partial charge in [0, 0.05) is 0 Å². The van der Waals surface area contributed by atoms with Crippen LogP contribution in [0.2, 0.25) is 5.02 Å². The maximum absolute atomic E-state index is 12.5. The molecule has 0 radical (unpaired) electrons. The number of anilines is 1. The Labute approximate surface area is 191 Å². The highest BCUT2D eigenvalue weighted by Crippen LogP contribution is 2.37. The number of ether oxygens (including phenoxy) is 4. The van der Waals surface area contributed by atoms with Gasteiger partial charge in [0.1, 0.15) is 0 Å². The van der Waals surface area contributed by atoms with Crippen LogP contribution in [0.15, 0.2) is 36.4 Å². The standard InChI is InChI=1S/C23H26ClNO7/c1-4-11-31-21-17(24)12-15(13-19(21)29-5-2)22(27)32-14-20(26)25-18-10-8-7-9-16(18)23(28)30-6-3/h7-10,12-13H,4-6,11,14H2,1-3H3,(H,25,26). The molecule has 0 heterocycles. The number of para-hydroxylation sites is 1. The van der Waals surface area contributed by atoms with Gasteiger partial charge in [-0.2, -0.15) is 0 Å². The van der Waals surface area contributed by atoms with Crippen LogP contribution in [0.1, 0.15) is 47.9 Å². The van der Waals surface area contributed by atoms with E-state index in [-0.39, 0.29) is 28.4 Å². The van der Waals surface area contributed by atoms with Gasteiger partial charge in [0.2, 0.25) is 0 Å². The summed E-state index contributed by atoms with van der Waals surface area (Å²) >= 11 is 6.26. The summed E-state index contributed by atoms with van der Waals surface area (Å²) in [5, 5.41) is 2.74. The number of halogens is 1. The van der Waals surface area contributed by atoms with Gasteiger partial charge in [-0.1, -0.05) is 30.7 Å². The summed E-state index contributed by atoms with van der Waals surface area (Å²) in [5.41, 5.74) is 0.568. The van der Waals surface area contributed by atoms with E-state index in [0.717, 1.165) is 6.42 Å². The molecule has 0 unspecified atom stereocenters. The number of hydrogen-bond donors (Lipinski definition) is 1. The summed E-state index contributed by atoms with van der Waals surface area (Å²) in [6.45, 7) is 5.86. The Balaban J connectivity index is 2.06. The predicted molar refractivity (Wildman–Crippen MR) is 120 cm³/mol. The molecule has 0 aliphatic carbocycles. The van der Waals surface area contributed by atoms with Crippen LogP contribution in [0.3, 0.4) is 0 Å². The predicted octanol–water partition coefficient (Wildman–Crippen LogP) is 4.50. The Morgan fingerprint density at radius 1 is 0.938 bits per heavy atom. The van der Waals surface area contributed by atoms with Crippen LogP contribution < -0.4 is 14.8 Å². The Bertz CT molecular complexity index is 961. The highest BCUT2D eigenvalue weighted by Gasteiger charge is 2.19. The molecular formula is C23H26ClNO7. The summed E-state index contributed by atoms with van der Waals surface area (Å²) in [4.78, 5) is 36.8. The zero-order valence-electron chi connectivity index (χ0n) is 18.2. The fourth-order valence-corrected chi connectivity index (χ4v) is 2.94. The summed E-state index contributed by atoms with van der Waals surface area (Å²) in [6, 6.07) is 9.23. The monoisotopic (exact) mass is 463 g/mol. The maximum atomic E-state index is 12.5. The lowest BCUT2D eigenvalue weighted by Gasteiger charge is -2.15. The van der Waals surface area contributed by atoms with E-state index >= 15 is 0 Å². The third kappa shape index (κ3) is 6.88. The average molecular weight is 464 g/mol. The number of nitrogens with one attached hydrogen (secondary N) is 1. The first kappa shape index (κ1) is 25.0. The molecule has 32 heavy (non-hydrogen) atoms. The minimum Gasteiger partial charge on any atom is -0.490 e. The molecule has 2 aromatic rings. The summed E-state index contributed by atoms with van der Waals surface area (Å²) < 4.78 is 21.2. The van der Waals surface area contributed by atoms with E-state index in [9.17, 15) is 14.4 Å². The van der Waals surface area contributed by atoms with E-state index in [4.69, 9.17) is 30.5 Å². The molecule has 0 aromatic heterocycles. The van der Waals surface area contributed by atoms with Crippen molar-refractivity contribution in [1.29, 1.82) is 0 Å². The maximum Gasteiger partial charge on any atom is 0.340 e. The Hall–Kier alpha value is -3.26. The average Bonchev–Trinajstić information content (AvgIpc) is 2.77. The van der Waals surface area contributed by atoms with Crippen molar-refractivity contribution in [2.24, 2.45) is 0 Å². The number of carbonyl (C=O) groups excluding carboxylic acids is 3. The molecule has 0 bridgehead atoms. The lowest BCUT2D eigenvalue weighted by molar-refractivity contribution is -0.119. The molecule has 0 aliphatic rings. The third-order valence-electron chi connectivity index (χ3n) is 4.03. The van der Waals surface area contributed by atoms with Gasteiger partial charge in [-0.05, 0) is 44.5 Å². The van der Waals surface area contributed by atoms with Crippen LogP contribution >= 0.6 is 11.6 Å². The van der Waals surface area contributed by atoms with Crippen molar-refractivity contribution in [3.05, 3.63) is 52.5 Å². The quantitative estimate of drug-likeness (QED) is 0.489. The first-order valence-corrected chi connectivity index (χ1v) is 10.6. The van der Waals surface area contributed by atoms with Crippen molar-refractivity contribution in [3.63, 3.8) is 0 Å². The summed E-state index contributed by atoms with van der Waals surface area (Å²) in [6.07, 6.45) is 0.778. The third-order valence-corrected chi connectivity index (χ3v) is 4.31. The van der Waals surface area contributed by atoms with Gasteiger partial charge >= 0.3 is 11.9 Å². The van der Waals surface area contributed by atoms with Crippen LogP contribution in [-0.4, -0.2) is 44.3 Å². The second-order valence-electron chi connectivity index (χ2n) is 6.46. The molecule has 0 atom stereocenters. The minimum atomic E-state index is -0.760. The molecule has 2 rings (SSSR count). The van der Waals surface area contributed by atoms with Crippen LogP contribution in [-0.2, 0) is 14.3 Å². The molecule has 8 nitrogen and oxygen atoms in total. The van der Waals surface area contributed by atoms with Crippen LogP contribution in [0.5, 0.6) is 11.5 Å². The highest BCUT2D eigenvalue weighted by atomic mass is 35.5. The topological polar surface area (TPSA) is 100 Å². The Kier molecular flexibility index (Phi) is 9.81. The van der Waals surface area contributed by atoms with Gasteiger partial charge in [0.25, 0.3) is 5.91 Å². The molecule has 1 N–H and O–H groups in total. The largest absolute Gasteiger partial charge is 0.490 e. The molecule has 9 heteroatoms. The molecule has 172 valence electrons. The smallest absolute Gasteiger partial charge is 0.340 e. The SMILES string of the molecule is CCCOc1c(Cl)cc(C(=O)OCC(=O)Nc2ccccc2C(=O)OCC)cc1OCC. The first-order chi connectivity index (χ1) is 15.4. The van der Waals surface area contributed by atoms with Crippen molar-refractivity contribution in [2.75, 3.05) is 31.7 Å². The van der Waals surface area contributed by atoms with Gasteiger partial charge in [0.05, 0.1) is 41.7 Å². The van der Waals surface area contributed by atoms with E-state index in [1.165, 1.54) is 18.2 Å². The minimum absolute atomic E-state index is 0.113. The fraction of sp³-hybridized carbons (Fsp3) is 0.348. The number of carbonyl (C=O) groups is 3. The molecule has 2 aromatic carbocycles. The second kappa shape index (κ2) is 12.6. The number of rotatable bonds is 11. The van der Waals surface area contributed by atoms with E-state index in [0.29, 0.717) is 24.7 Å². The fourth-order valence-electron chi connectivity index (χ4n) is 2.67. The summed E-state index contributed by atoms with van der Waals surface area (Å²) in [5.74, 6) is -1.28. The van der Waals surface area contributed by atoms with Crippen molar-refractivity contribution < 1.29 is 33.3 Å². The van der Waals surface area contributed by atoms with Crippen LogP contribution in [0.25, 0.3) is 0 Å². The number of esters is 2. The van der Waals surface area contributed by atoms with Crippen LogP contribution in [0.4, 0.5) is 5.69 Å². The number of benzene rings is 2. The molecule has 1 amide bonds. The second-order valence-corrected chi connectivity index (χ2v) is 6.86. The van der Waals surface area contributed by atoms with E-state index in [2.05, 4.69) is 5.32 Å². The lowest BCUT2D eigenvalue weighted by atomic mass is 10.2. The van der Waals surface area contributed by atoms with Crippen molar-refractivity contribution >= 4 is 35.1 Å². The molecule has 0 aliphatic heterocycles. The summed E-state index contributed by atoms with van der Waals surface area (Å²) in [7, 11) is 0. The normalized spacial score (nSPS) is 10.2. The molecule has 0 fully saturated rings. The molecule has 0 spiro atoms. The molecular weight excluding hydrogens is 438 g/mol. The van der Waals surface area contributed by atoms with E-state index in [1.807, 2.05) is 6.92 Å². The first-order valence-electron chi connectivity index (χ1n) is 10.2. The van der Waals surface area contributed by atoms with Gasteiger partial charge in [-0.3, -0.25) is 4.79 Å². The zero-order valence-corrected chi connectivity index (χ0v) is 19.0. The Morgan fingerprint density at radius 2 is 1.69 bits per heavy atom. The Morgan fingerprint density at radius 3 is 2.38 bits per heavy atom. The van der Waals surface area contributed by atoms with Gasteiger partial charge < -0.3 is 24.3 Å². The lowest BCUT2D eigenvalue weighted by Crippen LogP contribution is -2.22. The zero-order chi connectivity index (χ0) is 23.5. The van der Waals surface area contributed by atoms with Gasteiger partial charge in [-0.25, -0.2) is 9.59 Å². The molecule has 0 saturated carbocycles. The van der Waals surface area contributed by atoms with Gasteiger partial charge in [0.15, 0.2) is 18.1 Å². The van der Waals surface area contributed by atoms with Crippen LogP contribution in [0, 0.1) is 0 Å². The van der Waals surface area contributed by atoms with Gasteiger partial charge in [-0.15, -0.1) is 0 Å². The van der Waals surface area contributed by atoms with E-state index < -0.39 is 24.5 Å². The van der Waals surface area contributed by atoms with E-state index in [1.54, 1.807) is 32.0 Å². The van der Waals surface area contributed by atoms with Crippen molar-refractivity contribution in [3.8, 4) is 11.5 Å². The number of amides is 1. The van der Waals surface area contributed by atoms with Crippen molar-refractivity contribution in [1.82, 2.24) is 0 Å². The highest BCUT2D eigenvalue weighted by molar-refractivity contribution is 6.32. The molecule has 0 saturated heterocycles. The van der Waals surface area contributed by atoms with Crippen molar-refractivity contribution in [2.45, 2.75) is 27.2 Å². The number of hydrogen-bond acceptors (Lipinski definition) is 7.